The summed E-state index contributed by atoms with van der Waals surface area (Å²) in [6.07, 6.45) is 5.27. The molecule has 2 aliphatic carbocycles. The highest BCUT2D eigenvalue weighted by molar-refractivity contribution is 6.22. The van der Waals surface area contributed by atoms with E-state index in [0.717, 1.165) is 38.8 Å². The number of morpholine rings is 1. The van der Waals surface area contributed by atoms with Crippen LogP contribution in [-0.2, 0) is 23.8 Å². The van der Waals surface area contributed by atoms with Crippen LogP contribution in [0.3, 0.4) is 0 Å². The third-order valence-electron chi connectivity index (χ3n) is 5.75. The maximum absolute atomic E-state index is 12.8. The molecule has 4 aliphatic rings. The summed E-state index contributed by atoms with van der Waals surface area (Å²) in [5.74, 6) is -0.209. The molecule has 2 aliphatic heterocycles. The Labute approximate surface area is 141 Å². The molecule has 0 aromatic carbocycles. The second kappa shape index (κ2) is 6.10. The fourth-order valence-corrected chi connectivity index (χ4v) is 4.64. The normalized spacial score (nSPS) is 34.5. The van der Waals surface area contributed by atoms with Crippen molar-refractivity contribution in [2.75, 3.05) is 40.0 Å². The van der Waals surface area contributed by atoms with Crippen LogP contribution in [0.15, 0.2) is 23.0 Å². The van der Waals surface area contributed by atoms with E-state index < -0.39 is 5.72 Å². The molecule has 0 N–H and O–H groups in total. The van der Waals surface area contributed by atoms with Crippen LogP contribution in [0.5, 0.6) is 0 Å². The van der Waals surface area contributed by atoms with E-state index in [1.807, 2.05) is 0 Å². The van der Waals surface area contributed by atoms with Gasteiger partial charge in [-0.2, -0.15) is 0 Å². The zero-order valence-electron chi connectivity index (χ0n) is 14.0. The van der Waals surface area contributed by atoms with Gasteiger partial charge in [0.25, 0.3) is 0 Å². The molecule has 0 amide bonds. The smallest absolute Gasteiger partial charge is 0.226 e. The highest BCUT2D eigenvalue weighted by Crippen LogP contribution is 2.48. The van der Waals surface area contributed by atoms with Gasteiger partial charge in [-0.3, -0.25) is 14.5 Å². The second-order valence-corrected chi connectivity index (χ2v) is 6.83. The zero-order chi connectivity index (χ0) is 16.7. The second-order valence-electron chi connectivity index (χ2n) is 6.83. The van der Waals surface area contributed by atoms with E-state index in [9.17, 15) is 9.59 Å². The van der Waals surface area contributed by atoms with Gasteiger partial charge in [0, 0.05) is 36.2 Å². The van der Waals surface area contributed by atoms with Crippen molar-refractivity contribution in [3.05, 3.63) is 23.0 Å². The number of nitrogens with zero attached hydrogens (tertiary/aromatic N) is 1. The van der Waals surface area contributed by atoms with Gasteiger partial charge in [-0.25, -0.2) is 0 Å². The van der Waals surface area contributed by atoms with E-state index in [4.69, 9.17) is 14.2 Å². The first kappa shape index (κ1) is 16.0. The molecule has 2 atom stereocenters. The molecule has 0 spiro atoms. The number of carbonyl (C=O) groups excluding carboxylic acids is 2. The number of ether oxygens (including phenoxy) is 3. The Morgan fingerprint density at radius 1 is 1.25 bits per heavy atom. The number of rotatable bonds is 2. The summed E-state index contributed by atoms with van der Waals surface area (Å²) >= 11 is 0. The lowest BCUT2D eigenvalue weighted by Crippen LogP contribution is -2.63. The van der Waals surface area contributed by atoms with E-state index in [2.05, 4.69) is 4.90 Å². The summed E-state index contributed by atoms with van der Waals surface area (Å²) in [7, 11) is 1.42. The molecular formula is C18H23NO5. The van der Waals surface area contributed by atoms with Gasteiger partial charge in [-0.15, -0.1) is 0 Å². The average molecular weight is 333 g/mol. The predicted molar refractivity (Wildman–Crippen MR) is 85.2 cm³/mol. The lowest BCUT2D eigenvalue weighted by Gasteiger charge is -2.54. The maximum atomic E-state index is 12.8. The van der Waals surface area contributed by atoms with Crippen LogP contribution in [0.1, 0.15) is 25.7 Å². The molecule has 0 radical (unpaired) electrons. The lowest BCUT2D eigenvalue weighted by molar-refractivity contribution is -0.218. The maximum Gasteiger partial charge on any atom is 0.226 e. The van der Waals surface area contributed by atoms with Crippen LogP contribution in [0.25, 0.3) is 0 Å². The van der Waals surface area contributed by atoms with E-state index >= 15 is 0 Å². The molecule has 4 rings (SSSR count). The third-order valence-corrected chi connectivity index (χ3v) is 5.75. The van der Waals surface area contributed by atoms with Crippen molar-refractivity contribution < 1.29 is 23.8 Å². The number of carbonyl (C=O) groups is 2. The van der Waals surface area contributed by atoms with Gasteiger partial charge in [0.1, 0.15) is 5.72 Å². The molecule has 6 nitrogen and oxygen atoms in total. The van der Waals surface area contributed by atoms with Gasteiger partial charge in [-0.05, 0) is 19.3 Å². The molecule has 130 valence electrons. The summed E-state index contributed by atoms with van der Waals surface area (Å²) in [4.78, 5) is 27.7. The SMILES string of the molecule is COC1=CC(=O)C2=C(CO[C@]3(N4CCOCC4)CCCC[C@H]23)C1=O. The van der Waals surface area contributed by atoms with E-state index in [-0.39, 0.29) is 29.9 Å². The summed E-state index contributed by atoms with van der Waals surface area (Å²) in [6, 6.07) is 0. The summed E-state index contributed by atoms with van der Waals surface area (Å²) in [6.45, 7) is 3.17. The van der Waals surface area contributed by atoms with E-state index in [0.29, 0.717) is 24.4 Å². The van der Waals surface area contributed by atoms with Crippen LogP contribution in [0.2, 0.25) is 0 Å². The monoisotopic (exact) mass is 333 g/mol. The number of hydrogen-bond donors (Lipinski definition) is 0. The van der Waals surface area contributed by atoms with Crippen molar-refractivity contribution in [1.29, 1.82) is 0 Å². The Morgan fingerprint density at radius 2 is 2.04 bits per heavy atom. The van der Waals surface area contributed by atoms with Crippen LogP contribution < -0.4 is 0 Å². The summed E-state index contributed by atoms with van der Waals surface area (Å²) in [5.41, 5.74) is 0.697. The van der Waals surface area contributed by atoms with Gasteiger partial charge >= 0.3 is 0 Å². The summed E-state index contributed by atoms with van der Waals surface area (Å²) < 4.78 is 16.9. The van der Waals surface area contributed by atoms with Crippen LogP contribution in [0.4, 0.5) is 0 Å². The molecule has 1 saturated heterocycles. The Hall–Kier alpha value is -1.50. The van der Waals surface area contributed by atoms with Crippen molar-refractivity contribution in [2.24, 2.45) is 5.92 Å². The van der Waals surface area contributed by atoms with Crippen LogP contribution in [0, 0.1) is 5.92 Å². The van der Waals surface area contributed by atoms with E-state index in [1.165, 1.54) is 13.2 Å². The van der Waals surface area contributed by atoms with Crippen molar-refractivity contribution in [3.63, 3.8) is 0 Å². The standard InChI is InChI=1S/C18H23NO5/c1-22-15-10-14(20)16-12(17(15)21)11-24-18(5-3-2-4-13(16)18)19-6-8-23-9-7-19/h10,13H,2-9,11H2,1H3/t13-,18-/m1/s1. The first-order chi connectivity index (χ1) is 11.7. The molecule has 0 aromatic rings. The zero-order valence-corrected chi connectivity index (χ0v) is 14.0. The number of allylic oxidation sites excluding steroid dienone is 2. The number of ketones is 2. The van der Waals surface area contributed by atoms with Gasteiger partial charge in [-0.1, -0.05) is 6.42 Å². The van der Waals surface area contributed by atoms with Crippen molar-refractivity contribution in [3.8, 4) is 0 Å². The predicted octanol–water partition coefficient (Wildman–Crippen LogP) is 1.21. The minimum atomic E-state index is -0.463. The third kappa shape index (κ3) is 2.28. The Balaban J connectivity index is 1.74. The molecule has 2 fully saturated rings. The Morgan fingerprint density at radius 3 is 2.79 bits per heavy atom. The number of hydrogen-bond acceptors (Lipinski definition) is 6. The molecule has 1 saturated carbocycles. The molecule has 0 unspecified atom stereocenters. The Bertz CT molecular complexity index is 631. The quantitative estimate of drug-likeness (QED) is 0.708. The summed E-state index contributed by atoms with van der Waals surface area (Å²) in [5, 5.41) is 0. The van der Waals surface area contributed by atoms with Crippen LogP contribution in [-0.4, -0.2) is 62.2 Å². The highest BCUT2D eigenvalue weighted by Gasteiger charge is 2.54. The van der Waals surface area contributed by atoms with Crippen molar-refractivity contribution >= 4 is 11.6 Å². The largest absolute Gasteiger partial charge is 0.493 e. The minimum absolute atomic E-state index is 0.0424. The van der Waals surface area contributed by atoms with Crippen LogP contribution >= 0.6 is 0 Å². The molecule has 24 heavy (non-hydrogen) atoms. The van der Waals surface area contributed by atoms with Gasteiger partial charge < -0.3 is 14.2 Å². The lowest BCUT2D eigenvalue weighted by atomic mass is 9.70. The van der Waals surface area contributed by atoms with Gasteiger partial charge in [0.15, 0.2) is 11.5 Å². The molecule has 2 heterocycles. The first-order valence-corrected chi connectivity index (χ1v) is 8.72. The fraction of sp³-hybridized carbons (Fsp3) is 0.667. The van der Waals surface area contributed by atoms with Crippen molar-refractivity contribution in [1.82, 2.24) is 4.90 Å². The van der Waals surface area contributed by atoms with Crippen molar-refractivity contribution in [2.45, 2.75) is 31.4 Å². The minimum Gasteiger partial charge on any atom is -0.493 e. The number of Topliss-reactive ketones (excluding diaryl/α,β-unsaturated/α-hetero) is 1. The fourth-order valence-electron chi connectivity index (χ4n) is 4.64. The Kier molecular flexibility index (Phi) is 4.06. The number of fused-ring (bicyclic) bond motifs is 2. The molecular weight excluding hydrogens is 310 g/mol. The molecule has 6 heteroatoms. The highest BCUT2D eigenvalue weighted by atomic mass is 16.5. The first-order valence-electron chi connectivity index (χ1n) is 8.72. The average Bonchev–Trinajstić information content (AvgIpc) is 2.64. The van der Waals surface area contributed by atoms with Gasteiger partial charge in [0.2, 0.25) is 5.78 Å². The molecule has 0 bridgehead atoms. The number of methoxy groups -OCH3 is 1. The molecule has 0 aromatic heterocycles. The van der Waals surface area contributed by atoms with Gasteiger partial charge in [0.05, 0.1) is 26.9 Å². The van der Waals surface area contributed by atoms with E-state index in [1.54, 1.807) is 0 Å². The topological polar surface area (TPSA) is 65.1 Å².